The molecule has 0 bridgehead atoms. The van der Waals surface area contributed by atoms with Crippen LogP contribution in [0, 0.1) is 0 Å². The predicted molar refractivity (Wildman–Crippen MR) is 118 cm³/mol. The lowest BCUT2D eigenvalue weighted by Crippen LogP contribution is -2.19. The number of carbonyl (C=O) groups excluding carboxylic acids is 1. The van der Waals surface area contributed by atoms with Crippen molar-refractivity contribution in [2.24, 2.45) is 0 Å². The number of fused-ring (bicyclic) bond motifs is 1. The maximum atomic E-state index is 12.9. The van der Waals surface area contributed by atoms with E-state index >= 15 is 0 Å². The third-order valence-electron chi connectivity index (χ3n) is 4.63. The van der Waals surface area contributed by atoms with Gasteiger partial charge in [0.05, 0.1) is 17.6 Å². The molecule has 0 fully saturated rings. The molecule has 0 radical (unpaired) electrons. The minimum atomic E-state index is -0.823. The summed E-state index contributed by atoms with van der Waals surface area (Å²) in [7, 11) is 0. The topological polar surface area (TPSA) is 103 Å². The van der Waals surface area contributed by atoms with E-state index in [4.69, 9.17) is 14.6 Å². The van der Waals surface area contributed by atoms with Crippen molar-refractivity contribution >= 4 is 28.6 Å². The Morgan fingerprint density at radius 1 is 1.06 bits per heavy atom. The number of nitrogens with one attached hydrogen (secondary N) is 1. The quantitative estimate of drug-likeness (QED) is 0.426. The summed E-state index contributed by atoms with van der Waals surface area (Å²) in [5, 5.41) is 11.6. The highest BCUT2D eigenvalue weighted by atomic mass is 16.5. The number of para-hydroxylation sites is 2. The van der Waals surface area contributed by atoms with Gasteiger partial charge in [-0.3, -0.25) is 9.59 Å². The lowest BCUT2D eigenvalue weighted by Gasteiger charge is -2.10. The number of ether oxygens (including phenoxy) is 2. The SMILES string of the molecule is CCOc1ccc(NC(=O)c2nc3ccccc3n2CCCOCCCC(=O)O)cc1. The second kappa shape index (κ2) is 11.1. The van der Waals surface area contributed by atoms with Crippen LogP contribution in [0.2, 0.25) is 0 Å². The molecule has 0 aliphatic carbocycles. The number of hydrogen-bond acceptors (Lipinski definition) is 5. The van der Waals surface area contributed by atoms with Crippen molar-refractivity contribution < 1.29 is 24.2 Å². The number of carboxylic acids is 1. The van der Waals surface area contributed by atoms with Crippen LogP contribution in [0.4, 0.5) is 5.69 Å². The monoisotopic (exact) mass is 425 g/mol. The van der Waals surface area contributed by atoms with E-state index in [2.05, 4.69) is 10.3 Å². The number of amides is 1. The van der Waals surface area contributed by atoms with Gasteiger partial charge in [-0.25, -0.2) is 4.98 Å². The van der Waals surface area contributed by atoms with Crippen LogP contribution in [0.25, 0.3) is 11.0 Å². The van der Waals surface area contributed by atoms with Crippen molar-refractivity contribution in [1.29, 1.82) is 0 Å². The van der Waals surface area contributed by atoms with E-state index in [-0.39, 0.29) is 12.3 Å². The predicted octanol–water partition coefficient (Wildman–Crippen LogP) is 3.96. The highest BCUT2D eigenvalue weighted by Crippen LogP contribution is 2.20. The number of nitrogens with zero attached hydrogens (tertiary/aromatic N) is 2. The van der Waals surface area contributed by atoms with Crippen LogP contribution in [-0.2, 0) is 16.1 Å². The van der Waals surface area contributed by atoms with Crippen LogP contribution in [0.3, 0.4) is 0 Å². The molecule has 0 aliphatic rings. The van der Waals surface area contributed by atoms with Crippen LogP contribution in [0.15, 0.2) is 48.5 Å². The van der Waals surface area contributed by atoms with E-state index in [9.17, 15) is 9.59 Å². The number of hydrogen-bond donors (Lipinski definition) is 2. The summed E-state index contributed by atoms with van der Waals surface area (Å²) in [6.45, 7) is 3.94. The minimum Gasteiger partial charge on any atom is -0.494 e. The van der Waals surface area contributed by atoms with Crippen LogP contribution in [-0.4, -0.2) is 46.4 Å². The molecule has 8 nitrogen and oxygen atoms in total. The molecule has 0 aliphatic heterocycles. The number of anilines is 1. The minimum absolute atomic E-state index is 0.0992. The summed E-state index contributed by atoms with van der Waals surface area (Å²) in [5.74, 6) is -0.0311. The van der Waals surface area contributed by atoms with Crippen molar-refractivity contribution in [2.45, 2.75) is 32.7 Å². The molecule has 31 heavy (non-hydrogen) atoms. The number of aryl methyl sites for hydroxylation is 1. The number of aliphatic carboxylic acids is 1. The lowest BCUT2D eigenvalue weighted by atomic mass is 10.3. The summed E-state index contributed by atoms with van der Waals surface area (Å²) in [6, 6.07) is 14.8. The molecule has 0 spiro atoms. The lowest BCUT2D eigenvalue weighted by molar-refractivity contribution is -0.137. The largest absolute Gasteiger partial charge is 0.494 e. The van der Waals surface area contributed by atoms with Crippen LogP contribution in [0.1, 0.15) is 36.8 Å². The molecule has 0 atom stereocenters. The van der Waals surface area contributed by atoms with Gasteiger partial charge in [0.15, 0.2) is 5.82 Å². The maximum Gasteiger partial charge on any atom is 0.303 e. The number of carboxylic acid groups (broad SMARTS) is 1. The Morgan fingerprint density at radius 3 is 2.55 bits per heavy atom. The maximum absolute atomic E-state index is 12.9. The third-order valence-corrected chi connectivity index (χ3v) is 4.63. The number of aromatic nitrogens is 2. The Morgan fingerprint density at radius 2 is 1.81 bits per heavy atom. The van der Waals surface area contributed by atoms with Gasteiger partial charge >= 0.3 is 5.97 Å². The molecule has 3 aromatic rings. The second-order valence-corrected chi connectivity index (χ2v) is 6.95. The second-order valence-electron chi connectivity index (χ2n) is 6.95. The van der Waals surface area contributed by atoms with Gasteiger partial charge < -0.3 is 24.5 Å². The van der Waals surface area contributed by atoms with Crippen molar-refractivity contribution in [2.75, 3.05) is 25.1 Å². The fraction of sp³-hybridized carbons (Fsp3) is 0.348. The van der Waals surface area contributed by atoms with Gasteiger partial charge in [-0.2, -0.15) is 0 Å². The molecule has 2 aromatic carbocycles. The van der Waals surface area contributed by atoms with Gasteiger partial charge in [0.25, 0.3) is 5.91 Å². The highest BCUT2D eigenvalue weighted by Gasteiger charge is 2.17. The molecule has 1 aromatic heterocycles. The fourth-order valence-electron chi connectivity index (χ4n) is 3.22. The summed E-state index contributed by atoms with van der Waals surface area (Å²) in [4.78, 5) is 28.0. The van der Waals surface area contributed by atoms with Gasteiger partial charge in [0.1, 0.15) is 5.75 Å². The highest BCUT2D eigenvalue weighted by molar-refractivity contribution is 6.03. The van der Waals surface area contributed by atoms with Gasteiger partial charge in [-0.15, -0.1) is 0 Å². The number of carbonyl (C=O) groups is 2. The average Bonchev–Trinajstić information content (AvgIpc) is 3.13. The van der Waals surface area contributed by atoms with E-state index in [1.807, 2.05) is 47.9 Å². The standard InChI is InChI=1S/C23H27N3O5/c1-2-31-18-12-10-17(11-13-18)24-23(29)22-25-19-7-3-4-8-20(19)26(22)14-6-16-30-15-5-9-21(27)28/h3-4,7-8,10-13H,2,5-6,9,14-16H2,1H3,(H,24,29)(H,27,28). The van der Waals surface area contributed by atoms with Gasteiger partial charge in [-0.05, 0) is 56.2 Å². The Balaban J connectivity index is 1.65. The molecule has 3 rings (SSSR count). The fourth-order valence-corrected chi connectivity index (χ4v) is 3.22. The molecule has 164 valence electrons. The van der Waals surface area contributed by atoms with Crippen molar-refractivity contribution in [3.05, 3.63) is 54.4 Å². The number of rotatable bonds is 12. The van der Waals surface area contributed by atoms with Gasteiger partial charge in [0.2, 0.25) is 0 Å². The Kier molecular flexibility index (Phi) is 8.00. The van der Waals surface area contributed by atoms with Gasteiger partial charge in [0, 0.05) is 31.9 Å². The normalized spacial score (nSPS) is 10.9. The van der Waals surface area contributed by atoms with Gasteiger partial charge in [-0.1, -0.05) is 12.1 Å². The Hall–Kier alpha value is -3.39. The molecule has 8 heteroatoms. The van der Waals surface area contributed by atoms with Crippen LogP contribution in [0.5, 0.6) is 5.75 Å². The van der Waals surface area contributed by atoms with Crippen LogP contribution < -0.4 is 10.1 Å². The third kappa shape index (κ3) is 6.29. The van der Waals surface area contributed by atoms with E-state index in [0.717, 1.165) is 16.8 Å². The smallest absolute Gasteiger partial charge is 0.303 e. The Bertz CT molecular complexity index is 1010. The van der Waals surface area contributed by atoms with Crippen molar-refractivity contribution in [3.63, 3.8) is 0 Å². The molecule has 0 saturated carbocycles. The van der Waals surface area contributed by atoms with E-state index in [1.165, 1.54) is 0 Å². The summed E-state index contributed by atoms with van der Waals surface area (Å²) >= 11 is 0. The van der Waals surface area contributed by atoms with E-state index < -0.39 is 5.97 Å². The molecule has 0 saturated heterocycles. The average molecular weight is 425 g/mol. The first-order chi connectivity index (χ1) is 15.1. The first kappa shape index (κ1) is 22.3. The summed E-state index contributed by atoms with van der Waals surface area (Å²) in [5.41, 5.74) is 2.29. The van der Waals surface area contributed by atoms with Crippen molar-refractivity contribution in [1.82, 2.24) is 9.55 Å². The summed E-state index contributed by atoms with van der Waals surface area (Å²) < 4.78 is 12.8. The summed E-state index contributed by atoms with van der Waals surface area (Å²) in [6.07, 6.45) is 1.26. The number of imidazole rings is 1. The van der Waals surface area contributed by atoms with E-state index in [0.29, 0.717) is 50.7 Å². The van der Waals surface area contributed by atoms with Crippen molar-refractivity contribution in [3.8, 4) is 5.75 Å². The first-order valence-corrected chi connectivity index (χ1v) is 10.4. The Labute approximate surface area is 180 Å². The molecular formula is C23H27N3O5. The molecule has 1 heterocycles. The van der Waals surface area contributed by atoms with E-state index in [1.54, 1.807) is 12.1 Å². The van der Waals surface area contributed by atoms with Crippen LogP contribution >= 0.6 is 0 Å². The molecule has 1 amide bonds. The molecule has 2 N–H and O–H groups in total. The molecule has 0 unspecified atom stereocenters. The zero-order chi connectivity index (χ0) is 22.1. The first-order valence-electron chi connectivity index (χ1n) is 10.4. The zero-order valence-electron chi connectivity index (χ0n) is 17.5. The molecular weight excluding hydrogens is 398 g/mol. The number of benzene rings is 2. The zero-order valence-corrected chi connectivity index (χ0v) is 17.5.